The third-order valence-corrected chi connectivity index (χ3v) is 5.91. The zero-order chi connectivity index (χ0) is 22.2. The standard InChI is InChI=1S/C30H30N2.2Li/c1-23(25-15-7-3-8-16-25)31-29(27-19-11-5-12-20-27)30(28-21-13-6-14-22-28)32-24(2)26-17-9-4-10-18-26;;/h3-24,29-30H,1-2H3;;/q-2;2*+1/t23-,24-,29+,30+;;/m0../s1. The Labute approximate surface area is 228 Å². The number of benzene rings is 4. The van der Waals surface area contributed by atoms with Gasteiger partial charge in [-0.2, -0.15) is 0 Å². The Balaban J connectivity index is 0.00000204. The number of nitrogens with zero attached hydrogens (tertiary/aromatic N) is 2. The van der Waals surface area contributed by atoms with Crippen LogP contribution in [0.15, 0.2) is 121 Å². The van der Waals surface area contributed by atoms with Crippen LogP contribution in [0.5, 0.6) is 0 Å². The van der Waals surface area contributed by atoms with Gasteiger partial charge in [0.25, 0.3) is 0 Å². The maximum Gasteiger partial charge on any atom is 1.00 e. The van der Waals surface area contributed by atoms with E-state index < -0.39 is 0 Å². The van der Waals surface area contributed by atoms with Crippen molar-refractivity contribution < 1.29 is 37.7 Å². The molecule has 0 fully saturated rings. The van der Waals surface area contributed by atoms with Crippen LogP contribution in [0.4, 0.5) is 0 Å². The molecule has 0 saturated carbocycles. The first-order chi connectivity index (χ1) is 15.7. The molecule has 0 bridgehead atoms. The minimum Gasteiger partial charge on any atom is -0.650 e. The molecule has 2 nitrogen and oxygen atoms in total. The molecule has 4 heteroatoms. The zero-order valence-electron chi connectivity index (χ0n) is 20.8. The van der Waals surface area contributed by atoms with Crippen molar-refractivity contribution in [2.45, 2.75) is 38.0 Å². The van der Waals surface area contributed by atoms with Crippen LogP contribution in [0.2, 0.25) is 0 Å². The third kappa shape index (κ3) is 7.50. The monoisotopic (exact) mass is 432 g/mol. The van der Waals surface area contributed by atoms with Gasteiger partial charge in [-0.15, -0.1) is 24.2 Å². The number of hydrogen-bond donors (Lipinski definition) is 0. The molecule has 0 aliphatic heterocycles. The summed E-state index contributed by atoms with van der Waals surface area (Å²) in [6, 6.07) is 42.1. The number of hydrogen-bond acceptors (Lipinski definition) is 0. The van der Waals surface area contributed by atoms with Gasteiger partial charge in [-0.25, -0.2) is 0 Å². The van der Waals surface area contributed by atoms with E-state index >= 15 is 0 Å². The summed E-state index contributed by atoms with van der Waals surface area (Å²) in [5.74, 6) is 0. The summed E-state index contributed by atoms with van der Waals surface area (Å²) in [6.45, 7) is 4.35. The molecule has 0 N–H and O–H groups in total. The van der Waals surface area contributed by atoms with Gasteiger partial charge in [0, 0.05) is 0 Å². The van der Waals surface area contributed by atoms with Gasteiger partial charge < -0.3 is 10.6 Å². The Morgan fingerprint density at radius 2 is 0.618 bits per heavy atom. The zero-order valence-corrected chi connectivity index (χ0v) is 20.8. The van der Waals surface area contributed by atoms with E-state index in [2.05, 4.69) is 135 Å². The first kappa shape index (κ1) is 28.2. The minimum absolute atomic E-state index is 0. The second-order valence-corrected chi connectivity index (χ2v) is 8.18. The van der Waals surface area contributed by atoms with Crippen LogP contribution >= 0.6 is 0 Å². The van der Waals surface area contributed by atoms with E-state index in [0.29, 0.717) is 0 Å². The molecule has 4 aromatic carbocycles. The predicted octanol–water partition coefficient (Wildman–Crippen LogP) is 2.75. The SMILES string of the molecule is C[C@H]([N-][C@H](c1ccccc1)[C@H]([N-][C@@H](C)c1ccccc1)c1ccccc1)c1ccccc1.[Li+].[Li+]. The summed E-state index contributed by atoms with van der Waals surface area (Å²) >= 11 is 0. The Bertz CT molecular complexity index is 971. The summed E-state index contributed by atoms with van der Waals surface area (Å²) in [5.41, 5.74) is 4.81. The molecule has 162 valence electrons. The maximum absolute atomic E-state index is 5.35. The van der Waals surface area contributed by atoms with Crippen LogP contribution in [0, 0.1) is 0 Å². The average Bonchev–Trinajstić information content (AvgIpc) is 2.88. The quantitative estimate of drug-likeness (QED) is 0.364. The summed E-state index contributed by atoms with van der Waals surface area (Å²) in [5, 5.41) is 10.7. The van der Waals surface area contributed by atoms with Gasteiger partial charge in [0.05, 0.1) is 0 Å². The molecule has 0 spiro atoms. The second-order valence-electron chi connectivity index (χ2n) is 8.18. The molecule has 0 unspecified atom stereocenters. The van der Waals surface area contributed by atoms with Gasteiger partial charge in [-0.1, -0.05) is 157 Å². The fraction of sp³-hybridized carbons (Fsp3) is 0.200. The van der Waals surface area contributed by atoms with E-state index in [4.69, 9.17) is 10.6 Å². The van der Waals surface area contributed by atoms with Gasteiger partial charge in [0.15, 0.2) is 0 Å². The van der Waals surface area contributed by atoms with Crippen molar-refractivity contribution in [1.29, 1.82) is 0 Å². The molecular formula is C30H30Li2N2. The molecule has 0 amide bonds. The maximum atomic E-state index is 5.35. The van der Waals surface area contributed by atoms with Crippen LogP contribution in [0.25, 0.3) is 10.6 Å². The first-order valence-corrected chi connectivity index (χ1v) is 11.3. The molecule has 0 aliphatic carbocycles. The Morgan fingerprint density at radius 1 is 0.382 bits per heavy atom. The predicted molar refractivity (Wildman–Crippen MR) is 135 cm³/mol. The fourth-order valence-electron chi connectivity index (χ4n) is 4.12. The van der Waals surface area contributed by atoms with Crippen molar-refractivity contribution in [2.75, 3.05) is 0 Å². The van der Waals surface area contributed by atoms with Crippen molar-refractivity contribution >= 4 is 0 Å². The van der Waals surface area contributed by atoms with E-state index in [1.165, 1.54) is 22.3 Å². The smallest absolute Gasteiger partial charge is 0.650 e. The van der Waals surface area contributed by atoms with Crippen LogP contribution in [0.1, 0.15) is 60.3 Å². The van der Waals surface area contributed by atoms with E-state index in [-0.39, 0.29) is 61.9 Å². The summed E-state index contributed by atoms with van der Waals surface area (Å²) in [6.07, 6.45) is 0. The van der Waals surface area contributed by atoms with Gasteiger partial charge in [0.2, 0.25) is 0 Å². The molecular weight excluding hydrogens is 402 g/mol. The van der Waals surface area contributed by atoms with Crippen LogP contribution < -0.4 is 37.7 Å². The van der Waals surface area contributed by atoms with Gasteiger partial charge in [-0.05, 0) is 0 Å². The second kappa shape index (κ2) is 14.4. The molecule has 34 heavy (non-hydrogen) atoms. The van der Waals surface area contributed by atoms with E-state index in [9.17, 15) is 0 Å². The largest absolute Gasteiger partial charge is 1.00 e. The summed E-state index contributed by atoms with van der Waals surface area (Å²) in [7, 11) is 0. The summed E-state index contributed by atoms with van der Waals surface area (Å²) < 4.78 is 0. The molecule has 4 aromatic rings. The Hall–Kier alpha value is -2.01. The Kier molecular flexibility index (Phi) is 12.0. The average molecular weight is 432 g/mol. The van der Waals surface area contributed by atoms with Crippen LogP contribution in [-0.2, 0) is 0 Å². The fourth-order valence-corrected chi connectivity index (χ4v) is 4.12. The molecule has 0 saturated heterocycles. The van der Waals surface area contributed by atoms with E-state index in [1.807, 2.05) is 0 Å². The van der Waals surface area contributed by atoms with Crippen molar-refractivity contribution in [1.82, 2.24) is 0 Å². The topological polar surface area (TPSA) is 28.2 Å². The number of rotatable bonds is 9. The molecule has 0 aromatic heterocycles. The van der Waals surface area contributed by atoms with Crippen molar-refractivity contribution in [3.63, 3.8) is 0 Å². The Morgan fingerprint density at radius 3 is 0.882 bits per heavy atom. The van der Waals surface area contributed by atoms with Crippen molar-refractivity contribution in [2.24, 2.45) is 0 Å². The van der Waals surface area contributed by atoms with Crippen molar-refractivity contribution in [3.05, 3.63) is 154 Å². The molecule has 4 rings (SSSR count). The van der Waals surface area contributed by atoms with E-state index in [0.717, 1.165) is 0 Å². The third-order valence-electron chi connectivity index (χ3n) is 5.91. The van der Waals surface area contributed by atoms with Gasteiger partial charge in [-0.3, -0.25) is 0 Å². The van der Waals surface area contributed by atoms with Crippen LogP contribution in [-0.4, -0.2) is 0 Å². The van der Waals surface area contributed by atoms with E-state index in [1.54, 1.807) is 0 Å². The molecule has 0 aliphatic rings. The van der Waals surface area contributed by atoms with Crippen LogP contribution in [0.3, 0.4) is 0 Å². The molecule has 4 atom stereocenters. The summed E-state index contributed by atoms with van der Waals surface area (Å²) in [4.78, 5) is 0. The molecule has 0 heterocycles. The van der Waals surface area contributed by atoms with Gasteiger partial charge in [0.1, 0.15) is 0 Å². The van der Waals surface area contributed by atoms with Gasteiger partial charge >= 0.3 is 37.7 Å². The van der Waals surface area contributed by atoms with Crippen molar-refractivity contribution in [3.8, 4) is 0 Å². The normalized spacial score (nSPS) is 14.1. The minimum atomic E-state index is -0.0834. The first-order valence-electron chi connectivity index (χ1n) is 11.3. The molecule has 0 radical (unpaired) electrons.